The maximum atomic E-state index is 12.3. The van der Waals surface area contributed by atoms with Crippen LogP contribution in [0.2, 0.25) is 0 Å². The first kappa shape index (κ1) is 17.7. The summed E-state index contributed by atoms with van der Waals surface area (Å²) in [6.45, 7) is 5.45. The zero-order valence-corrected chi connectivity index (χ0v) is 15.1. The highest BCUT2D eigenvalue weighted by Gasteiger charge is 2.10. The molecule has 1 amide bonds. The number of carbonyl (C=O) groups is 1. The molecule has 0 radical (unpaired) electrons. The smallest absolute Gasteiger partial charge is 0.270 e. The Morgan fingerprint density at radius 3 is 2.31 bits per heavy atom. The summed E-state index contributed by atoms with van der Waals surface area (Å²) in [5.74, 6) is -0.167. The average Bonchev–Trinajstić information content (AvgIpc) is 2.69. The minimum Gasteiger partial charge on any atom is -0.347 e. The first-order valence-corrected chi connectivity index (χ1v) is 8.79. The van der Waals surface area contributed by atoms with Crippen molar-refractivity contribution in [2.24, 2.45) is 0 Å². The van der Waals surface area contributed by atoms with Crippen LogP contribution in [-0.2, 0) is 6.54 Å². The third-order valence-electron chi connectivity index (χ3n) is 4.25. The molecule has 132 valence electrons. The topological polar surface area (TPSA) is 45.2 Å². The van der Waals surface area contributed by atoms with Crippen LogP contribution in [0, 0.1) is 6.92 Å². The Balaban J connectivity index is 1.66. The number of benzene rings is 2. The lowest BCUT2D eigenvalue weighted by Gasteiger charge is -2.22. The molecule has 0 fully saturated rings. The molecule has 0 saturated carbocycles. The molecule has 0 aliphatic rings. The average molecular weight is 345 g/mol. The summed E-state index contributed by atoms with van der Waals surface area (Å²) in [7, 11) is 0. The monoisotopic (exact) mass is 345 g/mol. The van der Waals surface area contributed by atoms with Gasteiger partial charge in [0.05, 0.1) is 11.9 Å². The second-order valence-corrected chi connectivity index (χ2v) is 6.15. The Kier molecular flexibility index (Phi) is 5.64. The van der Waals surface area contributed by atoms with Crippen molar-refractivity contribution in [1.82, 2.24) is 10.3 Å². The van der Waals surface area contributed by atoms with Crippen LogP contribution in [0.25, 0.3) is 0 Å². The zero-order chi connectivity index (χ0) is 18.4. The van der Waals surface area contributed by atoms with Gasteiger partial charge in [-0.2, -0.15) is 0 Å². The highest BCUT2D eigenvalue weighted by Crippen LogP contribution is 2.24. The molecule has 2 aromatic carbocycles. The molecule has 0 aliphatic heterocycles. The Morgan fingerprint density at radius 1 is 0.962 bits per heavy atom. The van der Waals surface area contributed by atoms with E-state index in [1.165, 1.54) is 5.56 Å². The predicted octanol–water partition coefficient (Wildman–Crippen LogP) is 4.48. The van der Waals surface area contributed by atoms with Gasteiger partial charge in [-0.15, -0.1) is 0 Å². The molecule has 0 saturated heterocycles. The lowest BCUT2D eigenvalue weighted by molar-refractivity contribution is 0.0946. The molecule has 0 unspecified atom stereocenters. The summed E-state index contributed by atoms with van der Waals surface area (Å²) in [6.07, 6.45) is 1.75. The maximum absolute atomic E-state index is 12.3. The van der Waals surface area contributed by atoms with Crippen molar-refractivity contribution in [3.63, 3.8) is 0 Å². The van der Waals surface area contributed by atoms with Crippen LogP contribution in [0.15, 0.2) is 72.9 Å². The Morgan fingerprint density at radius 2 is 1.69 bits per heavy atom. The number of aromatic nitrogens is 1. The number of nitrogens with zero attached hydrogens (tertiary/aromatic N) is 2. The molecule has 0 bridgehead atoms. The first-order valence-electron chi connectivity index (χ1n) is 8.79. The summed E-state index contributed by atoms with van der Waals surface area (Å²) in [5, 5.41) is 2.91. The van der Waals surface area contributed by atoms with E-state index >= 15 is 0 Å². The molecular weight excluding hydrogens is 322 g/mol. The van der Waals surface area contributed by atoms with Gasteiger partial charge >= 0.3 is 0 Å². The van der Waals surface area contributed by atoms with Crippen LogP contribution in [0.4, 0.5) is 11.4 Å². The fraction of sp³-hybridized carbons (Fsp3) is 0.182. The van der Waals surface area contributed by atoms with Gasteiger partial charge in [-0.05, 0) is 43.7 Å². The second-order valence-electron chi connectivity index (χ2n) is 6.15. The Labute approximate surface area is 154 Å². The van der Waals surface area contributed by atoms with E-state index in [1.54, 1.807) is 12.3 Å². The molecule has 0 aliphatic carbocycles. The van der Waals surface area contributed by atoms with Gasteiger partial charge in [0.25, 0.3) is 5.91 Å². The largest absolute Gasteiger partial charge is 0.347 e. The summed E-state index contributed by atoms with van der Waals surface area (Å²) in [4.78, 5) is 18.8. The van der Waals surface area contributed by atoms with E-state index in [2.05, 4.69) is 34.3 Å². The molecule has 3 aromatic rings. The van der Waals surface area contributed by atoms with Crippen LogP contribution in [0.5, 0.6) is 0 Å². The summed E-state index contributed by atoms with van der Waals surface area (Å²) < 4.78 is 0. The number of pyridine rings is 1. The number of carbonyl (C=O) groups excluding carboxylic acids is 1. The quantitative estimate of drug-likeness (QED) is 0.716. The minimum absolute atomic E-state index is 0.167. The van der Waals surface area contributed by atoms with Gasteiger partial charge < -0.3 is 10.2 Å². The normalized spacial score (nSPS) is 10.4. The van der Waals surface area contributed by atoms with E-state index in [9.17, 15) is 4.79 Å². The van der Waals surface area contributed by atoms with Crippen LogP contribution in [0.3, 0.4) is 0 Å². The van der Waals surface area contributed by atoms with Crippen molar-refractivity contribution in [2.45, 2.75) is 20.4 Å². The fourth-order valence-corrected chi connectivity index (χ4v) is 2.78. The van der Waals surface area contributed by atoms with Crippen LogP contribution < -0.4 is 10.2 Å². The van der Waals surface area contributed by atoms with Crippen molar-refractivity contribution >= 4 is 17.3 Å². The highest BCUT2D eigenvalue weighted by atomic mass is 16.1. The molecule has 0 atom stereocenters. The van der Waals surface area contributed by atoms with Gasteiger partial charge in [0.1, 0.15) is 5.69 Å². The fourth-order valence-electron chi connectivity index (χ4n) is 2.78. The number of nitrogens with one attached hydrogen (secondary N) is 1. The van der Waals surface area contributed by atoms with Crippen molar-refractivity contribution in [3.05, 3.63) is 89.7 Å². The number of hydrogen-bond donors (Lipinski definition) is 1. The van der Waals surface area contributed by atoms with E-state index in [4.69, 9.17) is 0 Å². The highest BCUT2D eigenvalue weighted by molar-refractivity contribution is 5.92. The minimum atomic E-state index is -0.167. The van der Waals surface area contributed by atoms with Crippen LogP contribution in [0.1, 0.15) is 28.5 Å². The van der Waals surface area contributed by atoms with Crippen molar-refractivity contribution in [3.8, 4) is 0 Å². The number of aryl methyl sites for hydroxylation is 1. The molecule has 1 N–H and O–H groups in total. The molecule has 4 nitrogen and oxygen atoms in total. The van der Waals surface area contributed by atoms with E-state index < -0.39 is 0 Å². The second kappa shape index (κ2) is 8.30. The van der Waals surface area contributed by atoms with Crippen LogP contribution in [-0.4, -0.2) is 17.4 Å². The molecule has 1 aromatic heterocycles. The summed E-state index contributed by atoms with van der Waals surface area (Å²) in [5.41, 5.74) is 4.77. The van der Waals surface area contributed by atoms with E-state index in [1.807, 2.05) is 55.5 Å². The van der Waals surface area contributed by atoms with Gasteiger partial charge in [-0.3, -0.25) is 4.79 Å². The molecule has 26 heavy (non-hydrogen) atoms. The molecule has 4 heteroatoms. The van der Waals surface area contributed by atoms with Crippen molar-refractivity contribution in [2.75, 3.05) is 11.4 Å². The van der Waals surface area contributed by atoms with Crippen LogP contribution >= 0.6 is 0 Å². The molecule has 0 spiro atoms. The summed E-state index contributed by atoms with van der Waals surface area (Å²) >= 11 is 0. The lowest BCUT2D eigenvalue weighted by Crippen LogP contribution is -2.24. The SMILES string of the molecule is CCN(c1ccccc1)c1ccc(C(=O)NCc2ccc(C)cc2)nc1. The maximum Gasteiger partial charge on any atom is 0.270 e. The third-order valence-corrected chi connectivity index (χ3v) is 4.25. The van der Waals surface area contributed by atoms with E-state index in [-0.39, 0.29) is 5.91 Å². The number of rotatable bonds is 6. The lowest BCUT2D eigenvalue weighted by atomic mass is 10.1. The predicted molar refractivity (Wildman–Crippen MR) is 106 cm³/mol. The number of hydrogen-bond acceptors (Lipinski definition) is 3. The zero-order valence-electron chi connectivity index (χ0n) is 15.1. The number of anilines is 2. The molecular formula is C22H23N3O. The third kappa shape index (κ3) is 4.28. The number of amides is 1. The van der Waals surface area contributed by atoms with Gasteiger partial charge in [0.2, 0.25) is 0 Å². The van der Waals surface area contributed by atoms with E-state index in [0.717, 1.165) is 23.5 Å². The van der Waals surface area contributed by atoms with Gasteiger partial charge in [-0.1, -0.05) is 48.0 Å². The standard InChI is InChI=1S/C22H23N3O/c1-3-25(19-7-5-4-6-8-19)20-13-14-21(23-16-20)22(26)24-15-18-11-9-17(2)10-12-18/h4-14,16H,3,15H2,1-2H3,(H,24,26). The van der Waals surface area contributed by atoms with Crippen molar-refractivity contribution in [1.29, 1.82) is 0 Å². The Hall–Kier alpha value is -3.14. The van der Waals surface area contributed by atoms with Crippen molar-refractivity contribution < 1.29 is 4.79 Å². The van der Waals surface area contributed by atoms with E-state index in [0.29, 0.717) is 12.2 Å². The first-order chi connectivity index (χ1) is 12.7. The molecule has 1 heterocycles. The van der Waals surface area contributed by atoms with Gasteiger partial charge in [-0.25, -0.2) is 4.98 Å². The molecule has 3 rings (SSSR count). The Bertz CT molecular complexity index is 843. The number of para-hydroxylation sites is 1. The summed E-state index contributed by atoms with van der Waals surface area (Å²) in [6, 6.07) is 22.0. The van der Waals surface area contributed by atoms with Gasteiger partial charge in [0, 0.05) is 18.8 Å². The van der Waals surface area contributed by atoms with Gasteiger partial charge in [0.15, 0.2) is 0 Å².